The maximum atomic E-state index is 14.1. The van der Waals surface area contributed by atoms with Gasteiger partial charge in [-0.2, -0.15) is 5.10 Å². The normalized spacial score (nSPS) is 10.9. The lowest BCUT2D eigenvalue weighted by Crippen LogP contribution is -1.98. The second kappa shape index (κ2) is 4.80. The predicted octanol–water partition coefficient (Wildman–Crippen LogP) is 2.93. The molecule has 0 fully saturated rings. The van der Waals surface area contributed by atoms with Crippen LogP contribution >= 0.6 is 0 Å². The topological polar surface area (TPSA) is 43.8 Å². The molecule has 1 heterocycles. The van der Waals surface area contributed by atoms with Crippen LogP contribution in [0.3, 0.4) is 0 Å². The Morgan fingerprint density at radius 1 is 1.28 bits per heavy atom. The van der Waals surface area contributed by atoms with E-state index in [1.54, 1.807) is 12.1 Å². The highest BCUT2D eigenvalue weighted by atomic mass is 19.1. The lowest BCUT2D eigenvalue weighted by Gasteiger charge is -2.07. The van der Waals surface area contributed by atoms with Gasteiger partial charge in [-0.3, -0.25) is 4.68 Å². The molecule has 0 radical (unpaired) electrons. The average Bonchev–Trinajstić information content (AvgIpc) is 2.65. The van der Waals surface area contributed by atoms with E-state index in [2.05, 4.69) is 12.0 Å². The van der Waals surface area contributed by atoms with Crippen LogP contribution in [0.15, 0.2) is 18.2 Å². The van der Waals surface area contributed by atoms with Crippen molar-refractivity contribution in [1.29, 1.82) is 0 Å². The van der Waals surface area contributed by atoms with E-state index in [4.69, 9.17) is 5.73 Å². The Labute approximate surface area is 106 Å². The zero-order valence-corrected chi connectivity index (χ0v) is 11.0. The molecular weight excluding hydrogens is 229 g/mol. The maximum absolute atomic E-state index is 14.1. The van der Waals surface area contributed by atoms with Crippen molar-refractivity contribution < 1.29 is 4.39 Å². The molecule has 0 saturated heterocycles. The van der Waals surface area contributed by atoms with Crippen molar-refractivity contribution >= 4 is 5.69 Å². The van der Waals surface area contributed by atoms with Crippen molar-refractivity contribution in [3.05, 3.63) is 35.4 Å². The van der Waals surface area contributed by atoms with E-state index in [0.29, 0.717) is 11.3 Å². The van der Waals surface area contributed by atoms with Gasteiger partial charge < -0.3 is 5.73 Å². The van der Waals surface area contributed by atoms with Gasteiger partial charge in [0.15, 0.2) is 0 Å². The Kier molecular flexibility index (Phi) is 3.36. The van der Waals surface area contributed by atoms with Crippen molar-refractivity contribution in [1.82, 2.24) is 9.78 Å². The highest BCUT2D eigenvalue weighted by molar-refractivity contribution is 5.71. The van der Waals surface area contributed by atoms with Gasteiger partial charge in [0.1, 0.15) is 5.82 Å². The number of hydrogen-bond acceptors (Lipinski definition) is 2. The number of benzene rings is 1. The summed E-state index contributed by atoms with van der Waals surface area (Å²) >= 11 is 0. The maximum Gasteiger partial charge on any atom is 0.133 e. The minimum absolute atomic E-state index is 0.285. The molecule has 0 aliphatic rings. The lowest BCUT2D eigenvalue weighted by atomic mass is 9.99. The molecule has 1 aromatic carbocycles. The van der Waals surface area contributed by atoms with Crippen LogP contribution < -0.4 is 5.73 Å². The molecule has 0 amide bonds. The minimum Gasteiger partial charge on any atom is -0.399 e. The van der Waals surface area contributed by atoms with Gasteiger partial charge in [0.25, 0.3) is 0 Å². The van der Waals surface area contributed by atoms with E-state index in [0.717, 1.165) is 29.8 Å². The first kappa shape index (κ1) is 12.6. The molecule has 18 heavy (non-hydrogen) atoms. The predicted molar refractivity (Wildman–Crippen MR) is 71.8 cm³/mol. The van der Waals surface area contributed by atoms with Gasteiger partial charge in [-0.05, 0) is 31.0 Å². The van der Waals surface area contributed by atoms with Crippen molar-refractivity contribution in [2.45, 2.75) is 26.7 Å². The first-order chi connectivity index (χ1) is 8.58. The summed E-state index contributed by atoms with van der Waals surface area (Å²) in [5.41, 5.74) is 9.52. The number of nitrogens with zero attached hydrogens (tertiary/aromatic N) is 2. The smallest absolute Gasteiger partial charge is 0.133 e. The Balaban J connectivity index is 2.69. The summed E-state index contributed by atoms with van der Waals surface area (Å²) in [5, 5.41) is 4.46. The van der Waals surface area contributed by atoms with E-state index in [-0.39, 0.29) is 5.82 Å². The first-order valence-electron chi connectivity index (χ1n) is 6.18. The van der Waals surface area contributed by atoms with Gasteiger partial charge in [-0.15, -0.1) is 0 Å². The molecule has 0 aliphatic carbocycles. The van der Waals surface area contributed by atoms with E-state index < -0.39 is 0 Å². The standard InChI is InChI=1S/C14H18FN3/c1-4-12-14(13(5-2)18(3)17-12)10-7-6-9(16)8-11(10)15/h6-8H,4-5,16H2,1-3H3. The Hall–Kier alpha value is -1.84. The van der Waals surface area contributed by atoms with Crippen LogP contribution in [0.1, 0.15) is 25.2 Å². The number of hydrogen-bond donors (Lipinski definition) is 1. The molecule has 2 aromatic rings. The molecule has 4 heteroatoms. The summed E-state index contributed by atoms with van der Waals surface area (Å²) in [6.45, 7) is 4.08. The number of aromatic nitrogens is 2. The Morgan fingerprint density at radius 3 is 2.56 bits per heavy atom. The fraction of sp³-hybridized carbons (Fsp3) is 0.357. The third-order valence-electron chi connectivity index (χ3n) is 3.17. The van der Waals surface area contributed by atoms with Crippen LogP contribution in [0.4, 0.5) is 10.1 Å². The third kappa shape index (κ3) is 1.98. The minimum atomic E-state index is -0.285. The molecule has 2 N–H and O–H groups in total. The molecule has 0 saturated carbocycles. The number of rotatable bonds is 3. The quantitative estimate of drug-likeness (QED) is 0.847. The summed E-state index contributed by atoms with van der Waals surface area (Å²) in [4.78, 5) is 0. The zero-order chi connectivity index (χ0) is 13.3. The van der Waals surface area contributed by atoms with Crippen LogP contribution in [-0.2, 0) is 19.9 Å². The van der Waals surface area contributed by atoms with E-state index in [1.165, 1.54) is 6.07 Å². The monoisotopic (exact) mass is 247 g/mol. The molecule has 0 aliphatic heterocycles. The van der Waals surface area contributed by atoms with E-state index in [9.17, 15) is 4.39 Å². The summed E-state index contributed by atoms with van der Waals surface area (Å²) in [7, 11) is 1.90. The van der Waals surface area contributed by atoms with Crippen molar-refractivity contribution in [3.8, 4) is 11.1 Å². The van der Waals surface area contributed by atoms with E-state index >= 15 is 0 Å². The molecule has 0 spiro atoms. The van der Waals surface area contributed by atoms with Crippen molar-refractivity contribution in [2.24, 2.45) is 7.05 Å². The third-order valence-corrected chi connectivity index (χ3v) is 3.17. The van der Waals surface area contributed by atoms with Gasteiger partial charge in [-0.25, -0.2) is 4.39 Å². The fourth-order valence-corrected chi connectivity index (χ4v) is 2.32. The SMILES string of the molecule is CCc1nn(C)c(CC)c1-c1ccc(N)cc1F. The number of anilines is 1. The Morgan fingerprint density at radius 2 is 2.00 bits per heavy atom. The summed E-state index contributed by atoms with van der Waals surface area (Å²) in [6, 6.07) is 4.82. The molecule has 0 atom stereocenters. The van der Waals surface area contributed by atoms with Gasteiger partial charge in [0, 0.05) is 29.6 Å². The van der Waals surface area contributed by atoms with Crippen molar-refractivity contribution in [3.63, 3.8) is 0 Å². The molecule has 1 aromatic heterocycles. The van der Waals surface area contributed by atoms with Crippen LogP contribution in [0, 0.1) is 5.82 Å². The zero-order valence-electron chi connectivity index (χ0n) is 11.0. The van der Waals surface area contributed by atoms with Crippen LogP contribution in [0.25, 0.3) is 11.1 Å². The second-order valence-corrected chi connectivity index (χ2v) is 4.34. The number of aryl methyl sites for hydroxylation is 2. The van der Waals surface area contributed by atoms with Gasteiger partial charge >= 0.3 is 0 Å². The Bertz CT molecular complexity index is 573. The van der Waals surface area contributed by atoms with Crippen LogP contribution in [0.2, 0.25) is 0 Å². The van der Waals surface area contributed by atoms with Crippen LogP contribution in [0.5, 0.6) is 0 Å². The second-order valence-electron chi connectivity index (χ2n) is 4.34. The highest BCUT2D eigenvalue weighted by Crippen LogP contribution is 2.31. The summed E-state index contributed by atoms with van der Waals surface area (Å²) in [5.74, 6) is -0.285. The number of halogens is 1. The molecular formula is C14H18FN3. The van der Waals surface area contributed by atoms with E-state index in [1.807, 2.05) is 18.7 Å². The van der Waals surface area contributed by atoms with Gasteiger partial charge in [0.2, 0.25) is 0 Å². The molecule has 0 bridgehead atoms. The largest absolute Gasteiger partial charge is 0.399 e. The number of nitrogen functional groups attached to an aromatic ring is 1. The fourth-order valence-electron chi connectivity index (χ4n) is 2.32. The van der Waals surface area contributed by atoms with Crippen LogP contribution in [-0.4, -0.2) is 9.78 Å². The van der Waals surface area contributed by atoms with Gasteiger partial charge in [-0.1, -0.05) is 13.8 Å². The highest BCUT2D eigenvalue weighted by Gasteiger charge is 2.18. The van der Waals surface area contributed by atoms with Gasteiger partial charge in [0.05, 0.1) is 5.69 Å². The lowest BCUT2D eigenvalue weighted by molar-refractivity contribution is 0.631. The molecule has 0 unspecified atom stereocenters. The summed E-state index contributed by atoms with van der Waals surface area (Å²) in [6.07, 6.45) is 1.61. The molecule has 3 nitrogen and oxygen atoms in total. The molecule has 2 rings (SSSR count). The molecule has 96 valence electrons. The first-order valence-corrected chi connectivity index (χ1v) is 6.18. The van der Waals surface area contributed by atoms with Crippen molar-refractivity contribution in [2.75, 3.05) is 5.73 Å². The average molecular weight is 247 g/mol. The number of nitrogens with two attached hydrogens (primary N) is 1. The summed E-state index contributed by atoms with van der Waals surface area (Å²) < 4.78 is 15.9.